The molecule has 0 saturated heterocycles. The van der Waals surface area contributed by atoms with E-state index in [1.807, 2.05) is 13.8 Å². The van der Waals surface area contributed by atoms with Crippen molar-refractivity contribution in [3.63, 3.8) is 0 Å². The number of aryl methyl sites for hydroxylation is 1. The van der Waals surface area contributed by atoms with Gasteiger partial charge in [0.05, 0.1) is 0 Å². The molecule has 1 unspecified atom stereocenters. The Labute approximate surface area is 154 Å². The lowest BCUT2D eigenvalue weighted by Gasteiger charge is -2.18. The minimum atomic E-state index is -0.266. The number of hydrogen-bond donors (Lipinski definition) is 3. The molecule has 1 atom stereocenters. The van der Waals surface area contributed by atoms with Gasteiger partial charge < -0.3 is 20.2 Å². The summed E-state index contributed by atoms with van der Waals surface area (Å²) in [5, 5.41) is 16.6. The molecule has 5 nitrogen and oxygen atoms in total. The quantitative estimate of drug-likeness (QED) is 0.469. The number of furan rings is 1. The lowest BCUT2D eigenvalue weighted by atomic mass is 10.0. The molecule has 0 saturated carbocycles. The number of fused-ring (bicyclic) bond motifs is 1. The molecule has 0 aliphatic heterocycles. The van der Waals surface area contributed by atoms with Gasteiger partial charge in [0.1, 0.15) is 23.7 Å². The number of nitrogens with one attached hydrogen (secondary N) is 2. The minimum Gasteiger partial charge on any atom is -0.459 e. The number of aliphatic imine (C=N–C) groups is 1. The lowest BCUT2D eigenvalue weighted by Crippen LogP contribution is -2.40. The molecule has 0 spiro atoms. The van der Waals surface area contributed by atoms with Crippen LogP contribution in [0.15, 0.2) is 27.6 Å². The molecule has 2 aromatic rings. The van der Waals surface area contributed by atoms with E-state index in [0.29, 0.717) is 18.0 Å². The number of hydrogen-bond acceptors (Lipinski definition) is 3. The highest BCUT2D eigenvalue weighted by atomic mass is 19.1. The maximum Gasteiger partial charge on any atom is 0.191 e. The summed E-state index contributed by atoms with van der Waals surface area (Å²) in [6.45, 7) is 8.21. The first-order chi connectivity index (χ1) is 12.6. The van der Waals surface area contributed by atoms with Crippen LogP contribution in [-0.4, -0.2) is 30.8 Å². The Morgan fingerprint density at radius 2 is 2.08 bits per heavy atom. The third kappa shape index (κ3) is 5.46. The molecule has 0 aliphatic rings. The molecule has 0 fully saturated rings. The molecule has 26 heavy (non-hydrogen) atoms. The molecule has 0 radical (unpaired) electrons. The second-order valence-electron chi connectivity index (χ2n) is 6.53. The zero-order valence-electron chi connectivity index (χ0n) is 15.9. The van der Waals surface area contributed by atoms with Crippen molar-refractivity contribution in [1.29, 1.82) is 0 Å². The fourth-order valence-electron chi connectivity index (χ4n) is 3.07. The smallest absolute Gasteiger partial charge is 0.191 e. The number of guanidine groups is 1. The Morgan fingerprint density at radius 3 is 2.77 bits per heavy atom. The molecular formula is C20H30FN3O2. The fourth-order valence-corrected chi connectivity index (χ4v) is 3.07. The second kappa shape index (κ2) is 10.2. The van der Waals surface area contributed by atoms with Gasteiger partial charge in [-0.3, -0.25) is 0 Å². The molecule has 0 aliphatic carbocycles. The highest BCUT2D eigenvalue weighted by molar-refractivity contribution is 5.82. The van der Waals surface area contributed by atoms with Crippen LogP contribution < -0.4 is 10.6 Å². The SMILES string of the molecule is CCCC(CCO)CNC(=NCc1oc2ccc(F)cc2c1C)NCC. The van der Waals surface area contributed by atoms with Gasteiger partial charge in [-0.2, -0.15) is 0 Å². The Kier molecular flexibility index (Phi) is 7.91. The standard InChI is InChI=1S/C20H30FN3O2/c1-4-6-15(9-10-25)12-23-20(22-5-2)24-13-19-14(3)17-11-16(21)7-8-18(17)26-19/h7-8,11,15,25H,4-6,9-10,12-13H2,1-3H3,(H2,22,23,24). The predicted octanol–water partition coefficient (Wildman–Crippen LogP) is 3.73. The first kappa shape index (κ1) is 20.2. The van der Waals surface area contributed by atoms with Crippen molar-refractivity contribution in [1.82, 2.24) is 10.6 Å². The van der Waals surface area contributed by atoms with Crippen LogP contribution in [0.25, 0.3) is 11.0 Å². The Morgan fingerprint density at radius 1 is 1.27 bits per heavy atom. The summed E-state index contributed by atoms with van der Waals surface area (Å²) in [5.41, 5.74) is 1.60. The summed E-state index contributed by atoms with van der Waals surface area (Å²) >= 11 is 0. The summed E-state index contributed by atoms with van der Waals surface area (Å²) < 4.78 is 19.3. The number of rotatable bonds is 9. The van der Waals surface area contributed by atoms with E-state index in [4.69, 9.17) is 4.42 Å². The van der Waals surface area contributed by atoms with Crippen LogP contribution >= 0.6 is 0 Å². The van der Waals surface area contributed by atoms with E-state index in [-0.39, 0.29) is 12.4 Å². The Hall–Kier alpha value is -2.08. The Balaban J connectivity index is 2.07. The molecule has 0 amide bonds. The summed E-state index contributed by atoms with van der Waals surface area (Å²) in [4.78, 5) is 4.60. The third-order valence-corrected chi connectivity index (χ3v) is 4.51. The van der Waals surface area contributed by atoms with E-state index >= 15 is 0 Å². The van der Waals surface area contributed by atoms with E-state index in [1.165, 1.54) is 12.1 Å². The molecule has 2 rings (SSSR count). The lowest BCUT2D eigenvalue weighted by molar-refractivity contribution is 0.251. The van der Waals surface area contributed by atoms with Gasteiger partial charge in [0.15, 0.2) is 5.96 Å². The summed E-state index contributed by atoms with van der Waals surface area (Å²) in [7, 11) is 0. The van der Waals surface area contributed by atoms with Gasteiger partial charge >= 0.3 is 0 Å². The molecule has 3 N–H and O–H groups in total. The van der Waals surface area contributed by atoms with Gasteiger partial charge in [-0.25, -0.2) is 9.38 Å². The topological polar surface area (TPSA) is 69.8 Å². The van der Waals surface area contributed by atoms with Gasteiger partial charge in [0, 0.05) is 30.6 Å². The largest absolute Gasteiger partial charge is 0.459 e. The van der Waals surface area contributed by atoms with Gasteiger partial charge in [0.2, 0.25) is 0 Å². The number of aliphatic hydroxyl groups excluding tert-OH is 1. The highest BCUT2D eigenvalue weighted by Crippen LogP contribution is 2.26. The molecule has 144 valence electrons. The number of benzene rings is 1. The first-order valence-electron chi connectivity index (χ1n) is 9.39. The normalized spacial score (nSPS) is 13.2. The monoisotopic (exact) mass is 363 g/mol. The van der Waals surface area contributed by atoms with Crippen LogP contribution in [0.3, 0.4) is 0 Å². The van der Waals surface area contributed by atoms with Crippen LogP contribution in [0.1, 0.15) is 44.4 Å². The van der Waals surface area contributed by atoms with Crippen molar-refractivity contribution in [3.05, 3.63) is 35.3 Å². The molecule has 0 bridgehead atoms. The van der Waals surface area contributed by atoms with Crippen molar-refractivity contribution < 1.29 is 13.9 Å². The summed E-state index contributed by atoms with van der Waals surface area (Å²) in [6, 6.07) is 4.55. The van der Waals surface area contributed by atoms with Gasteiger partial charge in [0.25, 0.3) is 0 Å². The van der Waals surface area contributed by atoms with Crippen LogP contribution in [0.5, 0.6) is 0 Å². The van der Waals surface area contributed by atoms with E-state index in [0.717, 1.165) is 55.0 Å². The van der Waals surface area contributed by atoms with E-state index in [1.54, 1.807) is 6.07 Å². The van der Waals surface area contributed by atoms with E-state index < -0.39 is 0 Å². The third-order valence-electron chi connectivity index (χ3n) is 4.51. The van der Waals surface area contributed by atoms with Crippen molar-refractivity contribution in [2.24, 2.45) is 10.9 Å². The number of nitrogens with zero attached hydrogens (tertiary/aromatic N) is 1. The highest BCUT2D eigenvalue weighted by Gasteiger charge is 2.12. The van der Waals surface area contributed by atoms with Crippen molar-refractivity contribution >= 4 is 16.9 Å². The summed E-state index contributed by atoms with van der Waals surface area (Å²) in [6.07, 6.45) is 2.95. The minimum absolute atomic E-state index is 0.203. The maximum atomic E-state index is 13.4. The predicted molar refractivity (Wildman–Crippen MR) is 104 cm³/mol. The van der Waals surface area contributed by atoms with Crippen molar-refractivity contribution in [2.75, 3.05) is 19.7 Å². The number of halogens is 1. The van der Waals surface area contributed by atoms with Gasteiger partial charge in [-0.15, -0.1) is 0 Å². The van der Waals surface area contributed by atoms with Crippen molar-refractivity contribution in [3.8, 4) is 0 Å². The molecule has 1 heterocycles. The van der Waals surface area contributed by atoms with Crippen LogP contribution in [0.2, 0.25) is 0 Å². The van der Waals surface area contributed by atoms with Crippen LogP contribution in [0, 0.1) is 18.7 Å². The van der Waals surface area contributed by atoms with E-state index in [2.05, 4.69) is 22.5 Å². The van der Waals surface area contributed by atoms with Crippen molar-refractivity contribution in [2.45, 2.75) is 46.6 Å². The maximum absolute atomic E-state index is 13.4. The molecule has 6 heteroatoms. The fraction of sp³-hybridized carbons (Fsp3) is 0.550. The Bertz CT molecular complexity index is 721. The average Bonchev–Trinajstić information content (AvgIpc) is 2.93. The number of aliphatic hydroxyl groups is 1. The summed E-state index contributed by atoms with van der Waals surface area (Å²) in [5.74, 6) is 1.61. The van der Waals surface area contributed by atoms with Crippen LogP contribution in [-0.2, 0) is 6.54 Å². The van der Waals surface area contributed by atoms with Gasteiger partial charge in [-0.1, -0.05) is 13.3 Å². The van der Waals surface area contributed by atoms with E-state index in [9.17, 15) is 9.50 Å². The molecule has 1 aromatic heterocycles. The van der Waals surface area contributed by atoms with Crippen LogP contribution in [0.4, 0.5) is 4.39 Å². The second-order valence-corrected chi connectivity index (χ2v) is 6.53. The zero-order chi connectivity index (χ0) is 18.9. The first-order valence-corrected chi connectivity index (χ1v) is 9.39. The average molecular weight is 363 g/mol. The molecular weight excluding hydrogens is 333 g/mol. The zero-order valence-corrected chi connectivity index (χ0v) is 15.9. The molecule has 1 aromatic carbocycles. The van der Waals surface area contributed by atoms with Gasteiger partial charge in [-0.05, 0) is 50.8 Å².